The molecule has 3 rings (SSSR count). The van der Waals surface area contributed by atoms with Gasteiger partial charge in [-0.1, -0.05) is 23.7 Å². The fraction of sp³-hybridized carbons (Fsp3) is 0.562. The van der Waals surface area contributed by atoms with Gasteiger partial charge in [0.1, 0.15) is 0 Å². The molecule has 0 N–H and O–H groups in total. The van der Waals surface area contributed by atoms with E-state index in [4.69, 9.17) is 11.6 Å². The van der Waals surface area contributed by atoms with Crippen molar-refractivity contribution in [1.82, 2.24) is 4.90 Å². The number of hydrogen-bond donors (Lipinski definition) is 0. The molecular formula is C16H20ClNO3S. The number of carbonyl (C=O) groups excluding carboxylic acids is 1. The van der Waals surface area contributed by atoms with Crippen LogP contribution in [0.4, 0.5) is 0 Å². The fourth-order valence-corrected chi connectivity index (χ4v) is 4.92. The quantitative estimate of drug-likeness (QED) is 0.826. The standard InChI is InChI=1S/C16H20ClNO3S/c17-13-4-1-12(2-5-13)3-8-16(19)18(14-6-7-14)15-9-10-22(20,21)11-15/h1-2,4-5,14-15H,3,6-11H2. The van der Waals surface area contributed by atoms with E-state index in [1.54, 1.807) is 0 Å². The molecule has 2 fully saturated rings. The SMILES string of the molecule is O=C(CCc1ccc(Cl)cc1)N(C1CC1)C1CCS(=O)(=O)C1. The maximum absolute atomic E-state index is 12.6. The average Bonchev–Trinajstić information content (AvgIpc) is 3.23. The minimum absolute atomic E-state index is 0.0829. The summed E-state index contributed by atoms with van der Waals surface area (Å²) in [6, 6.07) is 7.65. The number of amides is 1. The van der Waals surface area contributed by atoms with Gasteiger partial charge in [0.05, 0.1) is 11.5 Å². The molecule has 1 saturated carbocycles. The number of benzene rings is 1. The molecular weight excluding hydrogens is 322 g/mol. The summed E-state index contributed by atoms with van der Waals surface area (Å²) in [6.45, 7) is 0. The van der Waals surface area contributed by atoms with Gasteiger partial charge >= 0.3 is 0 Å². The van der Waals surface area contributed by atoms with Crippen molar-refractivity contribution < 1.29 is 13.2 Å². The zero-order valence-corrected chi connectivity index (χ0v) is 13.9. The van der Waals surface area contributed by atoms with Crippen molar-refractivity contribution in [2.45, 2.75) is 44.2 Å². The summed E-state index contributed by atoms with van der Waals surface area (Å²) in [7, 11) is -2.96. The number of nitrogens with zero attached hydrogens (tertiary/aromatic N) is 1. The Hall–Kier alpha value is -1.07. The Kier molecular flexibility index (Phi) is 4.46. The predicted octanol–water partition coefficient (Wildman–Crippen LogP) is 2.45. The minimum Gasteiger partial charge on any atom is -0.336 e. The summed E-state index contributed by atoms with van der Waals surface area (Å²) in [6.07, 6.45) is 3.69. The van der Waals surface area contributed by atoms with Crippen LogP contribution in [0.25, 0.3) is 0 Å². The van der Waals surface area contributed by atoms with Crippen LogP contribution in [0.15, 0.2) is 24.3 Å². The van der Waals surface area contributed by atoms with Crippen LogP contribution >= 0.6 is 11.6 Å². The van der Waals surface area contributed by atoms with Crippen LogP contribution in [0.5, 0.6) is 0 Å². The predicted molar refractivity (Wildman–Crippen MR) is 86.7 cm³/mol. The maximum Gasteiger partial charge on any atom is 0.223 e. The number of rotatable bonds is 5. The normalized spacial score (nSPS) is 23.4. The highest BCUT2D eigenvalue weighted by atomic mass is 35.5. The maximum atomic E-state index is 12.6. The molecule has 4 nitrogen and oxygen atoms in total. The van der Waals surface area contributed by atoms with Crippen LogP contribution in [0.3, 0.4) is 0 Å². The lowest BCUT2D eigenvalue weighted by atomic mass is 10.1. The lowest BCUT2D eigenvalue weighted by Gasteiger charge is -2.28. The third kappa shape index (κ3) is 3.82. The molecule has 6 heteroatoms. The van der Waals surface area contributed by atoms with E-state index < -0.39 is 9.84 Å². The van der Waals surface area contributed by atoms with E-state index in [9.17, 15) is 13.2 Å². The number of carbonyl (C=O) groups is 1. The first-order valence-corrected chi connectivity index (χ1v) is 9.90. The number of hydrogen-bond acceptors (Lipinski definition) is 3. The van der Waals surface area contributed by atoms with E-state index in [1.165, 1.54) is 0 Å². The van der Waals surface area contributed by atoms with Gasteiger partial charge in [-0.15, -0.1) is 0 Å². The van der Waals surface area contributed by atoms with E-state index >= 15 is 0 Å². The van der Waals surface area contributed by atoms with Crippen molar-refractivity contribution in [3.05, 3.63) is 34.9 Å². The Labute approximate surface area is 136 Å². The molecule has 1 aliphatic carbocycles. The summed E-state index contributed by atoms with van der Waals surface area (Å²) >= 11 is 5.86. The third-order valence-electron chi connectivity index (χ3n) is 4.37. The summed E-state index contributed by atoms with van der Waals surface area (Å²) < 4.78 is 23.3. The highest BCUT2D eigenvalue weighted by Gasteiger charge is 2.41. The molecule has 0 aromatic heterocycles. The first-order valence-electron chi connectivity index (χ1n) is 7.71. The van der Waals surface area contributed by atoms with E-state index in [0.717, 1.165) is 18.4 Å². The molecule has 1 saturated heterocycles. The topological polar surface area (TPSA) is 54.5 Å². The van der Waals surface area contributed by atoms with Crippen molar-refractivity contribution in [3.8, 4) is 0 Å². The second-order valence-electron chi connectivity index (χ2n) is 6.22. The van der Waals surface area contributed by atoms with E-state index in [2.05, 4.69) is 0 Å². The van der Waals surface area contributed by atoms with Gasteiger partial charge in [0, 0.05) is 23.5 Å². The highest BCUT2D eigenvalue weighted by molar-refractivity contribution is 7.91. The molecule has 1 aromatic carbocycles. The molecule has 2 aliphatic rings. The number of halogens is 1. The molecule has 22 heavy (non-hydrogen) atoms. The van der Waals surface area contributed by atoms with Crippen LogP contribution in [0.1, 0.15) is 31.2 Å². The van der Waals surface area contributed by atoms with Crippen LogP contribution in [-0.2, 0) is 21.1 Å². The molecule has 0 spiro atoms. The summed E-state index contributed by atoms with van der Waals surface area (Å²) in [5.74, 6) is 0.432. The van der Waals surface area contributed by atoms with Gasteiger partial charge in [0.25, 0.3) is 0 Å². The summed E-state index contributed by atoms with van der Waals surface area (Å²) in [4.78, 5) is 14.4. The smallest absolute Gasteiger partial charge is 0.223 e. The molecule has 120 valence electrons. The van der Waals surface area contributed by atoms with Crippen molar-refractivity contribution in [3.63, 3.8) is 0 Å². The highest BCUT2D eigenvalue weighted by Crippen LogP contribution is 2.33. The Morgan fingerprint density at radius 3 is 2.36 bits per heavy atom. The first-order chi connectivity index (χ1) is 10.4. The number of sulfone groups is 1. The van der Waals surface area contributed by atoms with Crippen LogP contribution in [-0.4, -0.2) is 42.8 Å². The van der Waals surface area contributed by atoms with Crippen molar-refractivity contribution in [1.29, 1.82) is 0 Å². The second kappa shape index (κ2) is 6.20. The third-order valence-corrected chi connectivity index (χ3v) is 6.37. The molecule has 1 atom stereocenters. The van der Waals surface area contributed by atoms with Gasteiger partial charge in [-0.2, -0.15) is 0 Å². The Morgan fingerprint density at radius 2 is 1.82 bits per heavy atom. The number of aryl methyl sites for hydroxylation is 1. The molecule has 1 unspecified atom stereocenters. The van der Waals surface area contributed by atoms with Gasteiger partial charge in [-0.3, -0.25) is 4.79 Å². The van der Waals surface area contributed by atoms with Gasteiger partial charge in [-0.05, 0) is 43.4 Å². The van der Waals surface area contributed by atoms with Crippen LogP contribution in [0.2, 0.25) is 5.02 Å². The van der Waals surface area contributed by atoms with E-state index in [-0.39, 0.29) is 29.5 Å². The molecule has 1 aromatic rings. The summed E-state index contributed by atoms with van der Waals surface area (Å²) in [5, 5.41) is 0.686. The first kappa shape index (κ1) is 15.8. The minimum atomic E-state index is -2.96. The lowest BCUT2D eigenvalue weighted by molar-refractivity contribution is -0.133. The fourth-order valence-electron chi connectivity index (χ4n) is 3.08. The monoisotopic (exact) mass is 341 g/mol. The molecule has 1 aliphatic heterocycles. The van der Waals surface area contributed by atoms with Crippen molar-refractivity contribution >= 4 is 27.3 Å². The van der Waals surface area contributed by atoms with Crippen molar-refractivity contribution in [2.75, 3.05) is 11.5 Å². The zero-order chi connectivity index (χ0) is 15.7. The summed E-state index contributed by atoms with van der Waals surface area (Å²) in [5.41, 5.74) is 1.08. The van der Waals surface area contributed by atoms with Crippen LogP contribution < -0.4 is 0 Å². The lowest BCUT2D eigenvalue weighted by Crippen LogP contribution is -2.42. The Morgan fingerprint density at radius 1 is 1.14 bits per heavy atom. The van der Waals surface area contributed by atoms with Crippen molar-refractivity contribution in [2.24, 2.45) is 0 Å². The van der Waals surface area contributed by atoms with E-state index in [0.29, 0.717) is 24.3 Å². The molecule has 0 radical (unpaired) electrons. The van der Waals surface area contributed by atoms with Gasteiger partial charge < -0.3 is 4.90 Å². The Bertz CT molecular complexity index is 652. The zero-order valence-electron chi connectivity index (χ0n) is 12.4. The van der Waals surface area contributed by atoms with Gasteiger partial charge in [0.15, 0.2) is 9.84 Å². The molecule has 0 bridgehead atoms. The van der Waals surface area contributed by atoms with Crippen LogP contribution in [0, 0.1) is 0 Å². The van der Waals surface area contributed by atoms with Gasteiger partial charge in [0.2, 0.25) is 5.91 Å². The van der Waals surface area contributed by atoms with Gasteiger partial charge in [-0.25, -0.2) is 8.42 Å². The second-order valence-corrected chi connectivity index (χ2v) is 8.88. The molecule has 1 heterocycles. The van der Waals surface area contributed by atoms with E-state index in [1.807, 2.05) is 29.2 Å². The average molecular weight is 342 g/mol. The largest absolute Gasteiger partial charge is 0.336 e. The Balaban J connectivity index is 1.62. The molecule has 1 amide bonds.